The van der Waals surface area contributed by atoms with Crippen LogP contribution in [0.4, 0.5) is 5.82 Å². The van der Waals surface area contributed by atoms with Gasteiger partial charge in [-0.2, -0.15) is 0 Å². The summed E-state index contributed by atoms with van der Waals surface area (Å²) in [5, 5.41) is 1.72. The van der Waals surface area contributed by atoms with Gasteiger partial charge in [-0.1, -0.05) is 12.1 Å². The molecule has 1 fully saturated rings. The number of pyridine rings is 1. The second kappa shape index (κ2) is 7.24. The molecular formula is C22H22N6O. The summed E-state index contributed by atoms with van der Waals surface area (Å²) in [6.07, 6.45) is 7.28. The second-order valence-electron chi connectivity index (χ2n) is 7.64. The fourth-order valence-corrected chi connectivity index (χ4v) is 4.16. The number of hydrogen-bond acceptors (Lipinski definition) is 6. The Morgan fingerprint density at radius 3 is 2.72 bits per heavy atom. The van der Waals surface area contributed by atoms with Crippen LogP contribution in [0.15, 0.2) is 53.8 Å². The maximum atomic E-state index is 12.8. The normalized spacial score (nSPS) is 15.3. The monoisotopic (exact) mass is 386 g/mol. The zero-order valence-corrected chi connectivity index (χ0v) is 16.3. The van der Waals surface area contributed by atoms with Crippen LogP contribution in [0.2, 0.25) is 0 Å². The van der Waals surface area contributed by atoms with Crippen molar-refractivity contribution in [3.8, 4) is 0 Å². The third-order valence-electron chi connectivity index (χ3n) is 5.69. The minimum absolute atomic E-state index is 0.0444. The first-order chi connectivity index (χ1) is 14.2. The van der Waals surface area contributed by atoms with Gasteiger partial charge in [-0.05, 0) is 43.9 Å². The summed E-state index contributed by atoms with van der Waals surface area (Å²) in [6.45, 7) is 4.45. The molecule has 7 nitrogen and oxygen atoms in total. The Morgan fingerprint density at radius 1 is 1.03 bits per heavy atom. The third kappa shape index (κ3) is 3.33. The summed E-state index contributed by atoms with van der Waals surface area (Å²) < 4.78 is 1.76. The number of hydrogen-bond donors (Lipinski definition) is 0. The molecule has 0 aliphatic carbocycles. The summed E-state index contributed by atoms with van der Waals surface area (Å²) in [6, 6.07) is 9.50. The van der Waals surface area contributed by atoms with Crippen molar-refractivity contribution in [3.63, 3.8) is 0 Å². The summed E-state index contributed by atoms with van der Waals surface area (Å²) in [7, 11) is 0. The molecule has 146 valence electrons. The number of nitrogens with zero attached hydrogens (tertiary/aromatic N) is 6. The van der Waals surface area contributed by atoms with Crippen molar-refractivity contribution in [1.82, 2.24) is 24.5 Å². The van der Waals surface area contributed by atoms with Crippen molar-refractivity contribution >= 4 is 27.6 Å². The van der Waals surface area contributed by atoms with Crippen molar-refractivity contribution in [2.75, 3.05) is 18.0 Å². The fraction of sp³-hybridized carbons (Fsp3) is 0.318. The van der Waals surface area contributed by atoms with Crippen molar-refractivity contribution in [2.45, 2.75) is 26.3 Å². The number of aromatic nitrogens is 5. The Balaban J connectivity index is 1.34. The Labute approximate surface area is 168 Å². The van der Waals surface area contributed by atoms with E-state index in [9.17, 15) is 4.79 Å². The molecule has 0 amide bonds. The highest BCUT2D eigenvalue weighted by molar-refractivity contribution is 5.88. The van der Waals surface area contributed by atoms with Crippen LogP contribution in [0.3, 0.4) is 0 Å². The van der Waals surface area contributed by atoms with Gasteiger partial charge in [0.2, 0.25) is 0 Å². The molecule has 4 heterocycles. The summed E-state index contributed by atoms with van der Waals surface area (Å²) in [5.74, 6) is 2.19. The maximum absolute atomic E-state index is 12.8. The van der Waals surface area contributed by atoms with Gasteiger partial charge < -0.3 is 4.90 Å². The minimum atomic E-state index is 0.0444. The van der Waals surface area contributed by atoms with E-state index in [0.29, 0.717) is 17.8 Å². The molecular weight excluding hydrogens is 364 g/mol. The minimum Gasteiger partial charge on any atom is -0.356 e. The molecule has 0 N–H and O–H groups in total. The lowest BCUT2D eigenvalue weighted by Crippen LogP contribution is -2.37. The molecule has 29 heavy (non-hydrogen) atoms. The number of fused-ring (bicyclic) bond motifs is 2. The number of aryl methyl sites for hydroxylation is 1. The number of para-hydroxylation sites is 1. The molecule has 1 aliphatic heterocycles. The van der Waals surface area contributed by atoms with Crippen LogP contribution in [0.1, 0.15) is 18.7 Å². The van der Waals surface area contributed by atoms with E-state index < -0.39 is 0 Å². The van der Waals surface area contributed by atoms with E-state index >= 15 is 0 Å². The molecule has 1 aliphatic rings. The van der Waals surface area contributed by atoms with Gasteiger partial charge in [0.25, 0.3) is 5.56 Å². The predicted octanol–water partition coefficient (Wildman–Crippen LogP) is 2.96. The zero-order chi connectivity index (χ0) is 19.8. The van der Waals surface area contributed by atoms with Crippen LogP contribution < -0.4 is 10.5 Å². The van der Waals surface area contributed by atoms with E-state index in [2.05, 4.69) is 19.9 Å². The third-order valence-corrected chi connectivity index (χ3v) is 5.69. The van der Waals surface area contributed by atoms with Gasteiger partial charge in [0.1, 0.15) is 11.6 Å². The van der Waals surface area contributed by atoms with Crippen LogP contribution in [-0.2, 0) is 6.54 Å². The molecule has 0 bridgehead atoms. The molecule has 0 atom stereocenters. The predicted molar refractivity (Wildman–Crippen MR) is 113 cm³/mol. The maximum Gasteiger partial charge on any atom is 0.261 e. The lowest BCUT2D eigenvalue weighted by Gasteiger charge is -2.33. The SMILES string of the molecule is Cc1nc(N2CCC(Cn3cnc4ccccc4c3=O)CC2)c2ccncc2n1. The highest BCUT2D eigenvalue weighted by atomic mass is 16.1. The molecule has 1 saturated heterocycles. The molecule has 4 aromatic rings. The average molecular weight is 386 g/mol. The molecule has 3 aromatic heterocycles. The highest BCUT2D eigenvalue weighted by Gasteiger charge is 2.23. The molecule has 1 aromatic carbocycles. The first-order valence-corrected chi connectivity index (χ1v) is 9.96. The van der Waals surface area contributed by atoms with Gasteiger partial charge in [0.15, 0.2) is 0 Å². The van der Waals surface area contributed by atoms with E-state index in [1.54, 1.807) is 23.3 Å². The molecule has 0 saturated carbocycles. The number of anilines is 1. The Bertz CT molecular complexity index is 1240. The van der Waals surface area contributed by atoms with Crippen molar-refractivity contribution in [3.05, 3.63) is 65.2 Å². The number of piperidine rings is 1. The van der Waals surface area contributed by atoms with Gasteiger partial charge in [0, 0.05) is 31.2 Å². The quantitative estimate of drug-likeness (QED) is 0.539. The van der Waals surface area contributed by atoms with Crippen molar-refractivity contribution < 1.29 is 0 Å². The lowest BCUT2D eigenvalue weighted by atomic mass is 9.96. The van der Waals surface area contributed by atoms with E-state index in [4.69, 9.17) is 4.98 Å². The van der Waals surface area contributed by atoms with Crippen LogP contribution in [0, 0.1) is 12.8 Å². The molecule has 0 unspecified atom stereocenters. The largest absolute Gasteiger partial charge is 0.356 e. The molecule has 0 radical (unpaired) electrons. The van der Waals surface area contributed by atoms with Gasteiger partial charge in [-0.25, -0.2) is 15.0 Å². The summed E-state index contributed by atoms with van der Waals surface area (Å²) in [4.78, 5) is 32.9. The smallest absolute Gasteiger partial charge is 0.261 e. The van der Waals surface area contributed by atoms with E-state index in [1.807, 2.05) is 37.3 Å². The van der Waals surface area contributed by atoms with Crippen LogP contribution in [0.5, 0.6) is 0 Å². The van der Waals surface area contributed by atoms with E-state index in [-0.39, 0.29) is 5.56 Å². The number of benzene rings is 1. The van der Waals surface area contributed by atoms with Crippen molar-refractivity contribution in [2.24, 2.45) is 5.92 Å². The van der Waals surface area contributed by atoms with Gasteiger partial charge in [-0.3, -0.25) is 14.3 Å². The van der Waals surface area contributed by atoms with Gasteiger partial charge in [0.05, 0.1) is 28.9 Å². The Hall–Kier alpha value is -3.35. The van der Waals surface area contributed by atoms with E-state index in [1.165, 1.54) is 0 Å². The Kier molecular flexibility index (Phi) is 4.42. The average Bonchev–Trinajstić information content (AvgIpc) is 2.76. The first-order valence-electron chi connectivity index (χ1n) is 9.96. The topological polar surface area (TPSA) is 76.8 Å². The fourth-order valence-electron chi connectivity index (χ4n) is 4.16. The van der Waals surface area contributed by atoms with Crippen LogP contribution >= 0.6 is 0 Å². The highest BCUT2D eigenvalue weighted by Crippen LogP contribution is 2.28. The summed E-state index contributed by atoms with van der Waals surface area (Å²) >= 11 is 0. The van der Waals surface area contributed by atoms with Crippen molar-refractivity contribution in [1.29, 1.82) is 0 Å². The zero-order valence-electron chi connectivity index (χ0n) is 16.3. The second-order valence-corrected chi connectivity index (χ2v) is 7.64. The van der Waals surface area contributed by atoms with Crippen LogP contribution in [0.25, 0.3) is 21.8 Å². The number of rotatable bonds is 3. The molecule has 7 heteroatoms. The summed E-state index contributed by atoms with van der Waals surface area (Å²) in [5.41, 5.74) is 1.68. The lowest BCUT2D eigenvalue weighted by molar-refractivity contribution is 0.351. The standard InChI is InChI=1S/C22H22N6O/c1-15-25-20-12-23-9-6-17(20)21(26-15)27-10-7-16(8-11-27)13-28-14-24-19-5-3-2-4-18(19)22(28)29/h2-6,9,12,14,16H,7-8,10-11,13H2,1H3. The van der Waals surface area contributed by atoms with Gasteiger partial charge in [-0.15, -0.1) is 0 Å². The van der Waals surface area contributed by atoms with Gasteiger partial charge >= 0.3 is 0 Å². The first kappa shape index (κ1) is 17.7. The molecule has 0 spiro atoms. The molecule has 5 rings (SSSR count). The van der Waals surface area contributed by atoms with Crippen LogP contribution in [-0.4, -0.2) is 37.6 Å². The Morgan fingerprint density at radius 2 is 1.86 bits per heavy atom. The van der Waals surface area contributed by atoms with E-state index in [0.717, 1.165) is 54.0 Å².